The first-order valence-electron chi connectivity index (χ1n) is 11.5. The number of hydrogen-bond acceptors (Lipinski definition) is 0. The van der Waals surface area contributed by atoms with E-state index in [1.807, 2.05) is 0 Å². The Kier molecular flexibility index (Phi) is 5.02. The van der Waals surface area contributed by atoms with E-state index in [9.17, 15) is 0 Å². The molecule has 0 spiro atoms. The SMILES string of the molecule is c1ccc([PH](c2ccccc2)(c2ccccc2)c2cc3ccccc3c3ccccc23)cc1. The first-order chi connectivity index (χ1) is 16.4. The van der Waals surface area contributed by atoms with Crippen LogP contribution >= 0.6 is 7.26 Å². The number of fused-ring (bicyclic) bond motifs is 3. The Hall–Kier alpha value is -3.73. The Labute approximate surface area is 195 Å². The van der Waals surface area contributed by atoms with Crippen molar-refractivity contribution in [1.82, 2.24) is 0 Å². The Bertz CT molecular complexity index is 1440. The van der Waals surface area contributed by atoms with Gasteiger partial charge in [-0.05, 0) is 0 Å². The zero-order valence-corrected chi connectivity index (χ0v) is 19.4. The fourth-order valence-corrected chi connectivity index (χ4v) is 10.4. The monoisotopic (exact) mass is 440 g/mol. The summed E-state index contributed by atoms with van der Waals surface area (Å²) in [6.07, 6.45) is 0. The van der Waals surface area contributed by atoms with Crippen molar-refractivity contribution < 1.29 is 0 Å². The van der Waals surface area contributed by atoms with Crippen LogP contribution in [-0.2, 0) is 0 Å². The van der Waals surface area contributed by atoms with Gasteiger partial charge in [0.1, 0.15) is 0 Å². The third kappa shape index (κ3) is 3.18. The zero-order valence-electron chi connectivity index (χ0n) is 18.4. The maximum atomic E-state index is 2.47. The summed E-state index contributed by atoms with van der Waals surface area (Å²) >= 11 is 0. The third-order valence-electron chi connectivity index (χ3n) is 6.79. The van der Waals surface area contributed by atoms with E-state index in [-0.39, 0.29) is 0 Å². The van der Waals surface area contributed by atoms with Crippen LogP contribution < -0.4 is 21.2 Å². The number of hydrogen-bond donors (Lipinski definition) is 0. The number of benzene rings is 6. The molecule has 0 aliphatic heterocycles. The summed E-state index contributed by atoms with van der Waals surface area (Å²) in [6.45, 7) is 0. The van der Waals surface area contributed by atoms with E-state index in [4.69, 9.17) is 0 Å². The van der Waals surface area contributed by atoms with Crippen molar-refractivity contribution in [3.8, 4) is 0 Å². The molecule has 6 aromatic rings. The summed E-state index contributed by atoms with van der Waals surface area (Å²) in [4.78, 5) is 0. The van der Waals surface area contributed by atoms with E-state index < -0.39 is 7.26 Å². The van der Waals surface area contributed by atoms with E-state index in [0.717, 1.165) is 0 Å². The van der Waals surface area contributed by atoms with Crippen LogP contribution in [0.2, 0.25) is 0 Å². The normalized spacial score (nSPS) is 12.1. The second-order valence-corrected chi connectivity index (χ2v) is 12.3. The first kappa shape index (κ1) is 19.9. The van der Waals surface area contributed by atoms with Gasteiger partial charge in [-0.1, -0.05) is 0 Å². The minimum atomic E-state index is -2.58. The molecule has 158 valence electrons. The Morgan fingerprint density at radius 3 is 1.24 bits per heavy atom. The molecular weight excluding hydrogens is 415 g/mol. The van der Waals surface area contributed by atoms with E-state index in [2.05, 4.69) is 146 Å². The van der Waals surface area contributed by atoms with Gasteiger partial charge < -0.3 is 0 Å². The van der Waals surface area contributed by atoms with Gasteiger partial charge in [-0.2, -0.15) is 0 Å². The fraction of sp³-hybridized carbons (Fsp3) is 0. The molecule has 0 saturated carbocycles. The molecule has 0 unspecified atom stereocenters. The number of rotatable bonds is 4. The van der Waals surface area contributed by atoms with E-state index in [1.54, 1.807) is 0 Å². The molecular formula is C32H25P. The van der Waals surface area contributed by atoms with Crippen molar-refractivity contribution >= 4 is 50.0 Å². The quantitative estimate of drug-likeness (QED) is 0.222. The molecule has 0 radical (unpaired) electrons. The van der Waals surface area contributed by atoms with Crippen molar-refractivity contribution in [2.45, 2.75) is 0 Å². The molecule has 1 heteroatoms. The second kappa shape index (κ2) is 8.32. The summed E-state index contributed by atoms with van der Waals surface area (Å²) in [5.74, 6) is 0. The zero-order chi connectivity index (χ0) is 22.1. The van der Waals surface area contributed by atoms with Crippen LogP contribution in [0.3, 0.4) is 0 Å². The molecule has 0 amide bonds. The van der Waals surface area contributed by atoms with Crippen LogP contribution in [0.15, 0.2) is 146 Å². The average molecular weight is 441 g/mol. The maximum absolute atomic E-state index is 2.58. The summed E-state index contributed by atoms with van der Waals surface area (Å²) in [6, 6.07) is 53.7. The van der Waals surface area contributed by atoms with Gasteiger partial charge in [0, 0.05) is 0 Å². The molecule has 0 aliphatic carbocycles. The van der Waals surface area contributed by atoms with Crippen LogP contribution in [0.4, 0.5) is 0 Å². The van der Waals surface area contributed by atoms with Crippen molar-refractivity contribution in [1.29, 1.82) is 0 Å². The summed E-state index contributed by atoms with van der Waals surface area (Å²) in [7, 11) is -2.58. The van der Waals surface area contributed by atoms with E-state index in [0.29, 0.717) is 0 Å². The molecule has 0 saturated heterocycles. The van der Waals surface area contributed by atoms with Crippen LogP contribution in [0.25, 0.3) is 21.5 Å². The van der Waals surface area contributed by atoms with Gasteiger partial charge in [-0.15, -0.1) is 0 Å². The standard InChI is InChI=1S/C32H25P/c1-4-15-26(16-5-1)33(27-17-6-2-7-18-27,28-19-8-3-9-20-28)32-24-25-14-10-11-21-29(25)30-22-12-13-23-31(30)32/h1-24,33H. The van der Waals surface area contributed by atoms with Crippen LogP contribution in [0.1, 0.15) is 0 Å². The minimum absolute atomic E-state index is 1.30. The van der Waals surface area contributed by atoms with Crippen LogP contribution in [0.5, 0.6) is 0 Å². The van der Waals surface area contributed by atoms with Crippen molar-refractivity contribution in [3.63, 3.8) is 0 Å². The van der Waals surface area contributed by atoms with Gasteiger partial charge in [-0.3, -0.25) is 0 Å². The van der Waals surface area contributed by atoms with Gasteiger partial charge >= 0.3 is 196 Å². The molecule has 0 bridgehead atoms. The molecule has 0 nitrogen and oxygen atoms in total. The van der Waals surface area contributed by atoms with Gasteiger partial charge in [0.2, 0.25) is 0 Å². The summed E-state index contributed by atoms with van der Waals surface area (Å²) < 4.78 is 0. The molecule has 0 aromatic heterocycles. The van der Waals surface area contributed by atoms with Crippen molar-refractivity contribution in [3.05, 3.63) is 146 Å². The molecule has 0 aliphatic rings. The van der Waals surface area contributed by atoms with Gasteiger partial charge in [0.15, 0.2) is 0 Å². The van der Waals surface area contributed by atoms with Crippen molar-refractivity contribution in [2.75, 3.05) is 0 Å². The average Bonchev–Trinajstić information content (AvgIpc) is 2.91. The molecule has 33 heavy (non-hydrogen) atoms. The molecule has 6 aromatic carbocycles. The van der Waals surface area contributed by atoms with Crippen LogP contribution in [0, 0.1) is 0 Å². The molecule has 0 N–H and O–H groups in total. The van der Waals surface area contributed by atoms with Crippen molar-refractivity contribution in [2.24, 2.45) is 0 Å². The second-order valence-electron chi connectivity index (χ2n) is 8.54. The van der Waals surface area contributed by atoms with E-state index >= 15 is 0 Å². The van der Waals surface area contributed by atoms with Crippen LogP contribution in [-0.4, -0.2) is 0 Å². The molecule has 0 heterocycles. The molecule has 0 atom stereocenters. The molecule has 0 fully saturated rings. The topological polar surface area (TPSA) is 0 Å². The summed E-state index contributed by atoms with van der Waals surface area (Å²) in [5.41, 5.74) is 0. The first-order valence-corrected chi connectivity index (χ1v) is 13.5. The van der Waals surface area contributed by atoms with Gasteiger partial charge in [0.25, 0.3) is 0 Å². The summed E-state index contributed by atoms with van der Waals surface area (Å²) in [5, 5.41) is 10.9. The van der Waals surface area contributed by atoms with E-state index in [1.165, 1.54) is 42.8 Å². The third-order valence-corrected chi connectivity index (χ3v) is 11.6. The predicted molar refractivity (Wildman–Crippen MR) is 148 cm³/mol. The predicted octanol–water partition coefficient (Wildman–Crippen LogP) is 6.34. The molecule has 6 rings (SSSR count). The van der Waals surface area contributed by atoms with Gasteiger partial charge in [-0.25, -0.2) is 0 Å². The Morgan fingerprint density at radius 1 is 0.333 bits per heavy atom. The van der Waals surface area contributed by atoms with Gasteiger partial charge in [0.05, 0.1) is 0 Å². The Balaban J connectivity index is 1.87. The fourth-order valence-electron chi connectivity index (χ4n) is 5.40. The Morgan fingerprint density at radius 2 is 0.727 bits per heavy atom.